The first-order valence-electron chi connectivity index (χ1n) is 4.88. The van der Waals surface area contributed by atoms with Gasteiger partial charge >= 0.3 is 0 Å². The minimum atomic E-state index is 0.604. The van der Waals surface area contributed by atoms with Crippen molar-refractivity contribution in [3.8, 4) is 0 Å². The number of anilines is 2. The van der Waals surface area contributed by atoms with Gasteiger partial charge in [0.15, 0.2) is 0 Å². The molecule has 0 spiro atoms. The van der Waals surface area contributed by atoms with Gasteiger partial charge in [0.1, 0.15) is 5.82 Å². The number of nitrogens with one attached hydrogen (secondary N) is 1. The van der Waals surface area contributed by atoms with Crippen molar-refractivity contribution in [2.75, 3.05) is 11.1 Å². The van der Waals surface area contributed by atoms with Crippen LogP contribution < -0.4 is 11.1 Å². The van der Waals surface area contributed by atoms with Crippen molar-refractivity contribution in [2.24, 2.45) is 5.92 Å². The summed E-state index contributed by atoms with van der Waals surface area (Å²) in [6.07, 6.45) is 4.18. The molecule has 2 unspecified atom stereocenters. The average Bonchev–Trinajstić information content (AvgIpc) is 2.89. The largest absolute Gasteiger partial charge is 0.397 e. The van der Waals surface area contributed by atoms with E-state index in [1.54, 1.807) is 6.20 Å². The van der Waals surface area contributed by atoms with Gasteiger partial charge in [-0.15, -0.1) is 0 Å². The molecule has 0 radical (unpaired) electrons. The number of halogens is 1. The van der Waals surface area contributed by atoms with Crippen LogP contribution in [0.3, 0.4) is 0 Å². The number of nitrogens with two attached hydrogens (primary N) is 1. The van der Waals surface area contributed by atoms with Crippen molar-refractivity contribution in [3.05, 3.63) is 16.7 Å². The van der Waals surface area contributed by atoms with Gasteiger partial charge in [-0.25, -0.2) is 4.98 Å². The van der Waals surface area contributed by atoms with Crippen LogP contribution in [-0.4, -0.2) is 11.0 Å². The lowest BCUT2D eigenvalue weighted by atomic mass is 10.3. The van der Waals surface area contributed by atoms with Gasteiger partial charge < -0.3 is 11.1 Å². The van der Waals surface area contributed by atoms with Gasteiger partial charge in [0.2, 0.25) is 0 Å². The van der Waals surface area contributed by atoms with Crippen molar-refractivity contribution >= 4 is 27.4 Å². The molecule has 1 fully saturated rings. The molecule has 0 saturated heterocycles. The molecule has 0 bridgehead atoms. The quantitative estimate of drug-likeness (QED) is 0.874. The Kier molecular flexibility index (Phi) is 2.63. The smallest absolute Gasteiger partial charge is 0.140 e. The average molecular weight is 256 g/mol. The number of nitrogens with zero attached hydrogens (tertiary/aromatic N) is 1. The van der Waals surface area contributed by atoms with Gasteiger partial charge in [-0.3, -0.25) is 0 Å². The van der Waals surface area contributed by atoms with Crippen molar-refractivity contribution in [1.29, 1.82) is 0 Å². The van der Waals surface area contributed by atoms with E-state index < -0.39 is 0 Å². The Morgan fingerprint density at radius 1 is 1.71 bits per heavy atom. The lowest BCUT2D eigenvalue weighted by Crippen LogP contribution is -2.06. The second-order valence-corrected chi connectivity index (χ2v) is 4.61. The van der Waals surface area contributed by atoms with Gasteiger partial charge in [-0.05, 0) is 34.3 Å². The van der Waals surface area contributed by atoms with Crippen LogP contribution >= 0.6 is 15.9 Å². The van der Waals surface area contributed by atoms with Crippen LogP contribution in [0.2, 0.25) is 0 Å². The van der Waals surface area contributed by atoms with Gasteiger partial charge in [0, 0.05) is 6.04 Å². The fourth-order valence-corrected chi connectivity index (χ4v) is 2.09. The van der Waals surface area contributed by atoms with Crippen molar-refractivity contribution in [2.45, 2.75) is 25.8 Å². The zero-order valence-electron chi connectivity index (χ0n) is 8.13. The lowest BCUT2D eigenvalue weighted by molar-refractivity contribution is 0.773. The summed E-state index contributed by atoms with van der Waals surface area (Å²) in [4.78, 5) is 4.24. The fourth-order valence-electron chi connectivity index (χ4n) is 1.61. The maximum atomic E-state index is 5.61. The molecule has 2 atom stereocenters. The molecule has 0 aliphatic heterocycles. The molecule has 1 aromatic rings. The number of pyridine rings is 1. The highest BCUT2D eigenvalue weighted by Crippen LogP contribution is 2.37. The minimum Gasteiger partial charge on any atom is -0.397 e. The SMILES string of the molecule is CCC1CC1Nc1ncc(N)cc1Br. The predicted octanol–water partition coefficient (Wildman–Crippen LogP) is 2.64. The van der Waals surface area contributed by atoms with Crippen LogP contribution in [0.4, 0.5) is 11.5 Å². The molecule has 1 aliphatic carbocycles. The van der Waals surface area contributed by atoms with E-state index in [0.717, 1.165) is 16.2 Å². The Hall–Kier alpha value is -0.770. The molecule has 0 amide bonds. The maximum absolute atomic E-state index is 5.61. The Morgan fingerprint density at radius 2 is 2.50 bits per heavy atom. The first-order chi connectivity index (χ1) is 6.70. The molecule has 3 nitrogen and oxygen atoms in total. The van der Waals surface area contributed by atoms with Gasteiger partial charge in [0.25, 0.3) is 0 Å². The summed E-state index contributed by atoms with van der Waals surface area (Å²) in [5, 5.41) is 3.40. The molecule has 1 heterocycles. The number of hydrogen-bond donors (Lipinski definition) is 2. The minimum absolute atomic E-state index is 0.604. The van der Waals surface area contributed by atoms with Crippen molar-refractivity contribution in [3.63, 3.8) is 0 Å². The maximum Gasteiger partial charge on any atom is 0.140 e. The fraction of sp³-hybridized carbons (Fsp3) is 0.500. The summed E-state index contributed by atoms with van der Waals surface area (Å²) in [5.74, 6) is 1.72. The predicted molar refractivity (Wildman–Crippen MR) is 62.2 cm³/mol. The highest BCUT2D eigenvalue weighted by Gasteiger charge is 2.35. The zero-order chi connectivity index (χ0) is 10.1. The van der Waals surface area contributed by atoms with E-state index >= 15 is 0 Å². The molecule has 4 heteroatoms. The molecule has 1 aliphatic rings. The standard InChI is InChI=1S/C10H14BrN3/c1-2-6-3-9(6)14-10-8(11)4-7(12)5-13-10/h4-6,9H,2-3,12H2,1H3,(H,13,14). The molecule has 3 N–H and O–H groups in total. The number of rotatable bonds is 3. The highest BCUT2D eigenvalue weighted by atomic mass is 79.9. The number of nitrogen functional groups attached to an aromatic ring is 1. The van der Waals surface area contributed by atoms with Crippen LogP contribution in [0.5, 0.6) is 0 Å². The second kappa shape index (κ2) is 3.77. The van der Waals surface area contributed by atoms with Crippen LogP contribution in [0.15, 0.2) is 16.7 Å². The van der Waals surface area contributed by atoms with E-state index in [2.05, 4.69) is 33.2 Å². The third-order valence-corrected chi connectivity index (χ3v) is 3.24. The first kappa shape index (κ1) is 9.77. The van der Waals surface area contributed by atoms with E-state index in [-0.39, 0.29) is 0 Å². The van der Waals surface area contributed by atoms with Crippen LogP contribution in [0, 0.1) is 5.92 Å². The van der Waals surface area contributed by atoms with Crippen LogP contribution in [0.25, 0.3) is 0 Å². The molecule has 76 valence electrons. The third kappa shape index (κ3) is 2.00. The van der Waals surface area contributed by atoms with Crippen LogP contribution in [0.1, 0.15) is 19.8 Å². The lowest BCUT2D eigenvalue weighted by Gasteiger charge is -2.06. The summed E-state index contributed by atoms with van der Waals surface area (Å²) >= 11 is 3.44. The summed E-state index contributed by atoms with van der Waals surface area (Å²) in [5.41, 5.74) is 6.29. The van der Waals surface area contributed by atoms with Gasteiger partial charge in [-0.2, -0.15) is 0 Å². The second-order valence-electron chi connectivity index (χ2n) is 3.75. The van der Waals surface area contributed by atoms with E-state index in [1.807, 2.05) is 6.07 Å². The molecular weight excluding hydrogens is 242 g/mol. The van der Waals surface area contributed by atoms with E-state index in [9.17, 15) is 0 Å². The summed E-state index contributed by atoms with van der Waals surface area (Å²) in [6, 6.07) is 2.48. The van der Waals surface area contributed by atoms with Crippen LogP contribution in [-0.2, 0) is 0 Å². The number of hydrogen-bond acceptors (Lipinski definition) is 3. The molecular formula is C10H14BrN3. The molecule has 1 aromatic heterocycles. The molecule has 14 heavy (non-hydrogen) atoms. The topological polar surface area (TPSA) is 50.9 Å². The van der Waals surface area contributed by atoms with E-state index in [1.165, 1.54) is 12.8 Å². The molecule has 1 saturated carbocycles. The molecule has 0 aromatic carbocycles. The third-order valence-electron chi connectivity index (χ3n) is 2.63. The Bertz CT molecular complexity index is 340. The first-order valence-corrected chi connectivity index (χ1v) is 5.67. The summed E-state index contributed by atoms with van der Waals surface area (Å²) < 4.78 is 0.944. The van der Waals surface area contributed by atoms with E-state index in [0.29, 0.717) is 11.7 Å². The summed E-state index contributed by atoms with van der Waals surface area (Å²) in [6.45, 7) is 2.22. The van der Waals surface area contributed by atoms with Crippen molar-refractivity contribution in [1.82, 2.24) is 4.98 Å². The van der Waals surface area contributed by atoms with Crippen molar-refractivity contribution < 1.29 is 0 Å². The Labute approximate surface area is 92.2 Å². The van der Waals surface area contributed by atoms with Gasteiger partial charge in [0.05, 0.1) is 16.4 Å². The molecule has 2 rings (SSSR count). The highest BCUT2D eigenvalue weighted by molar-refractivity contribution is 9.10. The Morgan fingerprint density at radius 3 is 3.07 bits per heavy atom. The van der Waals surface area contributed by atoms with Gasteiger partial charge in [-0.1, -0.05) is 13.3 Å². The monoisotopic (exact) mass is 255 g/mol. The van der Waals surface area contributed by atoms with E-state index in [4.69, 9.17) is 5.73 Å². The normalized spacial score (nSPS) is 24.7. The number of aromatic nitrogens is 1. The Balaban J connectivity index is 2.03. The summed E-state index contributed by atoms with van der Waals surface area (Å²) in [7, 11) is 0. The zero-order valence-corrected chi connectivity index (χ0v) is 9.71.